The second kappa shape index (κ2) is 27.3. The summed E-state index contributed by atoms with van der Waals surface area (Å²) in [5.74, 6) is 0.993. The van der Waals surface area contributed by atoms with E-state index >= 15 is 0 Å². The molecule has 366 valence electrons. The Morgan fingerprint density at radius 2 is 1.17 bits per heavy atom. The summed E-state index contributed by atoms with van der Waals surface area (Å²) in [6, 6.07) is 14.9. The Bertz CT molecular complexity index is 1970. The minimum absolute atomic E-state index is 0. The number of halogens is 1. The summed E-state index contributed by atoms with van der Waals surface area (Å²) in [5, 5.41) is 23.1. The number of hydrogen-bond donors (Lipinski definition) is 4. The molecule has 0 bridgehead atoms. The fourth-order valence-electron chi connectivity index (χ4n) is 5.85. The normalized spacial score (nSPS) is 20.4. The van der Waals surface area contributed by atoms with Crippen LogP contribution >= 0.6 is 11.6 Å². The molecule has 2 atom stereocenters. The van der Waals surface area contributed by atoms with Crippen molar-refractivity contribution in [1.82, 2.24) is 15.5 Å². The van der Waals surface area contributed by atoms with Crippen molar-refractivity contribution in [3.8, 4) is 11.5 Å². The van der Waals surface area contributed by atoms with E-state index in [4.69, 9.17) is 26.2 Å². The average Bonchev–Trinajstić information content (AvgIpc) is 3.20. The molecule has 2 aromatic rings. The molecule has 4 heterocycles. The Labute approximate surface area is 469 Å². The largest absolute Gasteiger partial charge is 0.497 e. The number of ether oxygens (including phenoxy) is 3. The van der Waals surface area contributed by atoms with E-state index in [1.54, 1.807) is 50.0 Å². The summed E-state index contributed by atoms with van der Waals surface area (Å²) in [5.41, 5.74) is 1.56. The van der Waals surface area contributed by atoms with Crippen LogP contribution in [0, 0.1) is 99.0 Å². The van der Waals surface area contributed by atoms with Gasteiger partial charge in [-0.05, 0) is 157 Å². The Kier molecular flexibility index (Phi) is 28.1. The van der Waals surface area contributed by atoms with Gasteiger partial charge in [0.2, 0.25) is 11.8 Å². The number of rotatable bonds is 6. The summed E-state index contributed by atoms with van der Waals surface area (Å²) >= 11 is 4.81. The third-order valence-corrected chi connectivity index (χ3v) is 12.1. The number of esters is 1. The average molecular weight is 1370 g/mol. The van der Waals surface area contributed by atoms with Crippen LogP contribution in [0.15, 0.2) is 53.5 Å². The van der Waals surface area contributed by atoms with Gasteiger partial charge in [-0.25, -0.2) is 0 Å². The van der Waals surface area contributed by atoms with Gasteiger partial charge in [-0.2, -0.15) is 0 Å². The first-order valence-electron chi connectivity index (χ1n) is 20.3. The van der Waals surface area contributed by atoms with Crippen molar-refractivity contribution in [2.24, 2.45) is 15.8 Å². The van der Waals surface area contributed by atoms with Crippen LogP contribution in [-0.2, 0) is 33.5 Å². The molecule has 0 spiro atoms. The van der Waals surface area contributed by atoms with Crippen LogP contribution in [0.25, 0.3) is 0 Å². The van der Waals surface area contributed by atoms with E-state index in [2.05, 4.69) is 34.2 Å². The predicted octanol–water partition coefficient (Wildman–Crippen LogP) is 6.38. The first kappa shape index (κ1) is 68.1. The first-order valence-corrected chi connectivity index (χ1v) is 20.7. The van der Waals surface area contributed by atoms with Crippen molar-refractivity contribution in [1.29, 1.82) is 0 Å². The summed E-state index contributed by atoms with van der Waals surface area (Å²) in [4.78, 5) is 71.4. The van der Waals surface area contributed by atoms with Gasteiger partial charge in [-0.1, -0.05) is 7.43 Å². The second-order valence-corrected chi connectivity index (χ2v) is 19.1. The number of anilines is 1. The molecule has 66 heavy (non-hydrogen) atoms. The van der Waals surface area contributed by atoms with E-state index in [9.17, 15) is 33.9 Å². The molecule has 0 saturated carbocycles. The molecule has 4 amide bonds. The van der Waals surface area contributed by atoms with E-state index < -0.39 is 34.5 Å². The number of carbonyl (C=O) groups is 6. The Morgan fingerprint density at radius 1 is 0.727 bits per heavy atom. The zero-order chi connectivity index (χ0) is 49.3. The van der Waals surface area contributed by atoms with Crippen molar-refractivity contribution >= 4 is 63.5 Å². The molecule has 6 rings (SSSR count). The number of likely N-dealkylation sites (tertiary alicyclic amines) is 1. The second-order valence-electron chi connectivity index (χ2n) is 18.7. The van der Waals surface area contributed by atoms with Crippen LogP contribution in [0.3, 0.4) is 0 Å². The van der Waals surface area contributed by atoms with Crippen LogP contribution in [0.1, 0.15) is 111 Å². The Morgan fingerprint density at radius 3 is 1.36 bits per heavy atom. The van der Waals surface area contributed by atoms with Gasteiger partial charge in [0.15, 0.2) is 18.8 Å². The van der Waals surface area contributed by atoms with E-state index in [1.807, 2.05) is 113 Å². The van der Waals surface area contributed by atoms with Gasteiger partial charge < -0.3 is 44.9 Å². The molecular weight excluding hydrogens is 1300 g/mol. The number of benzene rings is 2. The fraction of sp³-hybridized carbons (Fsp3) is 0.596. The van der Waals surface area contributed by atoms with E-state index in [0.717, 1.165) is 28.6 Å². The molecule has 4 saturated heterocycles. The maximum atomic E-state index is 11.6. The number of aliphatic imine (C=N–C) groups is 1. The first-order chi connectivity index (χ1) is 28.6. The zero-order valence-corrected chi connectivity index (χ0v) is 51.7. The number of amides is 4. The summed E-state index contributed by atoms with van der Waals surface area (Å²) in [7, 11) is 5.11. The molecule has 19 heteroatoms. The van der Waals surface area contributed by atoms with Crippen molar-refractivity contribution in [2.75, 3.05) is 32.8 Å². The zero-order valence-electron chi connectivity index (χ0n) is 41.4. The molecule has 2 radical (unpaired) electrons. The third kappa shape index (κ3) is 17.3. The molecule has 4 fully saturated rings. The smallest absolute Gasteiger partial charge is 0.303 e. The number of nitrogens with zero attached hydrogens (tertiary/aromatic N) is 3. The molecule has 4 N–H and O–H groups in total. The standard InChI is InChI=1S/C12H15NO3.C10H13NO.C8H15NO.C7H13NO.C5H9NO2.C4H5ClO3.CH4.2Ac/c1-12(2)10(14)11(15)13(12)8-4-6-9(16-3)7-5-8;1-8(2)11-9-4-6-10(12-3)7-5-9;1-7(2)6(10)9(5)8(7,3)4;1-6(2)5(9)8-7(6,3)4;1-5(2)3(7)4(8)6-5;1-3(6)8-2-4(5)7;;;/h4-7,10,14H,1-3H3;4-7H,1-3H3;1-5H3;1-4H3,(H,8,9);3,7H,1-2H3,(H,6,8);2H2,1H3;1H4;;. The van der Waals surface area contributed by atoms with Crippen molar-refractivity contribution in [2.45, 2.75) is 146 Å². The Hall–Kier alpha value is -2.18. The van der Waals surface area contributed by atoms with Gasteiger partial charge >= 0.3 is 5.97 Å². The third-order valence-electron chi connectivity index (χ3n) is 12.0. The molecule has 4 aliphatic heterocycles. The summed E-state index contributed by atoms with van der Waals surface area (Å²) < 4.78 is 14.3. The van der Waals surface area contributed by atoms with Crippen molar-refractivity contribution in [3.63, 3.8) is 0 Å². The SMILES string of the molecule is C.CC(=O)OCC(=O)Cl.CC1(C)NC(=O)C1(C)C.CC1(C)NC(=O)C1O.CN1C(=O)C(C)(C)C1(C)C.COc1ccc(N2C(=O)C(O)C2(C)C)cc1.COc1ccc(N=C(C)C)cc1.[Ac].[Ac]. The number of β-lactam (4-membered cyclic amide) rings is 4. The van der Waals surface area contributed by atoms with E-state index in [-0.39, 0.29) is 148 Å². The van der Waals surface area contributed by atoms with Gasteiger partial charge in [0.05, 0.1) is 47.4 Å². The molecule has 16 nitrogen and oxygen atoms in total. The fourth-order valence-corrected chi connectivity index (χ4v) is 5.91. The minimum Gasteiger partial charge on any atom is -0.497 e. The summed E-state index contributed by atoms with van der Waals surface area (Å²) in [6.45, 7) is 28.2. The van der Waals surface area contributed by atoms with Crippen LogP contribution in [-0.4, -0.2) is 118 Å². The van der Waals surface area contributed by atoms with Gasteiger partial charge in [-0.15, -0.1) is 0 Å². The number of hydrogen-bond acceptors (Lipinski definition) is 12. The number of aliphatic hydroxyl groups is 2. The number of carbonyl (C=O) groups excluding carboxylic acids is 6. The van der Waals surface area contributed by atoms with Crippen LogP contribution < -0.4 is 25.0 Å². The molecule has 4 aliphatic rings. The van der Waals surface area contributed by atoms with Crippen LogP contribution in [0.4, 0.5) is 11.4 Å². The van der Waals surface area contributed by atoms with Gasteiger partial charge in [0, 0.05) is 119 Å². The Balaban J connectivity index is -0.000000729. The molecule has 2 aromatic carbocycles. The quantitative estimate of drug-likeness (QED) is 0.108. The van der Waals surface area contributed by atoms with Crippen LogP contribution in [0.5, 0.6) is 11.5 Å². The molecular formula is C47H74Ac2ClN5O11. The van der Waals surface area contributed by atoms with Crippen molar-refractivity contribution in [3.05, 3.63) is 48.5 Å². The topological polar surface area (TPSA) is 213 Å². The monoisotopic (exact) mass is 1370 g/mol. The molecule has 2 unspecified atom stereocenters. The predicted molar refractivity (Wildman–Crippen MR) is 251 cm³/mol. The van der Waals surface area contributed by atoms with Crippen molar-refractivity contribution < 1.29 is 141 Å². The van der Waals surface area contributed by atoms with E-state index in [0.29, 0.717) is 0 Å². The van der Waals surface area contributed by atoms with Gasteiger partial charge in [0.25, 0.3) is 17.1 Å². The molecule has 0 aromatic heterocycles. The minimum atomic E-state index is -0.908. The summed E-state index contributed by atoms with van der Waals surface area (Å²) in [6.07, 6.45) is -1.71. The number of methoxy groups -OCH3 is 2. The van der Waals surface area contributed by atoms with E-state index in [1.165, 1.54) is 6.92 Å². The number of nitrogens with one attached hydrogen (secondary N) is 2. The van der Waals surface area contributed by atoms with Gasteiger partial charge in [0.1, 0.15) is 11.5 Å². The maximum Gasteiger partial charge on any atom is 0.303 e. The van der Waals surface area contributed by atoms with Gasteiger partial charge in [-0.3, -0.25) is 33.8 Å². The number of aliphatic hydroxyl groups excluding tert-OH is 2. The maximum absolute atomic E-state index is 11.6. The molecule has 0 aliphatic carbocycles. The van der Waals surface area contributed by atoms with Crippen LogP contribution in [0.2, 0.25) is 0 Å².